The highest BCUT2D eigenvalue weighted by Gasteiger charge is 2.14. The molecule has 0 amide bonds. The molecule has 0 spiro atoms. The van der Waals surface area contributed by atoms with Gasteiger partial charge in [0.05, 0.1) is 21.2 Å². The summed E-state index contributed by atoms with van der Waals surface area (Å²) in [6.45, 7) is 0. The van der Waals surface area contributed by atoms with Crippen molar-refractivity contribution in [3.63, 3.8) is 0 Å². The van der Waals surface area contributed by atoms with Crippen LogP contribution in [-0.2, 0) is 0 Å². The van der Waals surface area contributed by atoms with Crippen molar-refractivity contribution >= 4 is 34.4 Å². The molecule has 0 saturated heterocycles. The monoisotopic (exact) mass is 418 g/mol. The Kier molecular flexibility index (Phi) is 6.48. The van der Waals surface area contributed by atoms with Crippen LogP contribution in [0.15, 0.2) is 94.2 Å². The normalized spacial score (nSPS) is 11.3. The minimum Gasteiger partial charge on any atom is -0.285 e. The van der Waals surface area contributed by atoms with E-state index < -0.39 is 15.6 Å². The van der Waals surface area contributed by atoms with E-state index in [0.29, 0.717) is 11.3 Å². The Morgan fingerprint density at radius 2 is 1.32 bits per heavy atom. The number of anilines is 1. The number of Topliss-reactive ketones (excluding diaryl/α,β-unsaturated/α-hetero) is 1. The van der Waals surface area contributed by atoms with Crippen LogP contribution < -0.4 is 5.43 Å². The molecule has 0 aliphatic carbocycles. The Morgan fingerprint density at radius 1 is 0.774 bits per heavy atom. The number of nitro groups is 2. The van der Waals surface area contributed by atoms with Gasteiger partial charge in [0, 0.05) is 29.8 Å². The summed E-state index contributed by atoms with van der Waals surface area (Å²) in [4.78, 5) is 33.2. The van der Waals surface area contributed by atoms with Crippen molar-refractivity contribution in [2.75, 3.05) is 5.43 Å². The summed E-state index contributed by atoms with van der Waals surface area (Å²) in [5.74, 6) is -0.788. The summed E-state index contributed by atoms with van der Waals surface area (Å²) in [5, 5.41) is 33.3. The van der Waals surface area contributed by atoms with Crippen LogP contribution in [0.1, 0.15) is 10.4 Å². The molecule has 0 fully saturated rings. The second-order valence-electron chi connectivity index (χ2n) is 6.02. The SMILES string of the molecule is O=C(C(N=Nc1ccc([N+](=O)[O-])cc1)=NNc1ccc([N+](=O)[O-])cc1)c1ccccc1. The minimum atomic E-state index is -0.541. The Balaban J connectivity index is 1.86. The fourth-order valence-electron chi connectivity index (χ4n) is 2.36. The zero-order valence-electron chi connectivity index (χ0n) is 15.8. The molecule has 31 heavy (non-hydrogen) atoms. The molecule has 0 aliphatic rings. The molecule has 0 bridgehead atoms. The van der Waals surface area contributed by atoms with Crippen LogP contribution in [-0.4, -0.2) is 21.5 Å². The van der Waals surface area contributed by atoms with E-state index in [2.05, 4.69) is 20.8 Å². The highest BCUT2D eigenvalue weighted by molar-refractivity contribution is 6.45. The van der Waals surface area contributed by atoms with E-state index in [1.807, 2.05) is 0 Å². The van der Waals surface area contributed by atoms with Crippen molar-refractivity contribution in [3.8, 4) is 0 Å². The van der Waals surface area contributed by atoms with Crippen LogP contribution in [0.2, 0.25) is 0 Å². The largest absolute Gasteiger partial charge is 0.285 e. The van der Waals surface area contributed by atoms with E-state index in [1.54, 1.807) is 30.3 Å². The molecular weight excluding hydrogens is 404 g/mol. The molecule has 0 aliphatic heterocycles. The fraction of sp³-hybridized carbons (Fsp3) is 0. The van der Waals surface area contributed by atoms with Gasteiger partial charge in [-0.25, -0.2) is 0 Å². The number of carbonyl (C=O) groups is 1. The molecular formula is C20H14N6O5. The number of amidine groups is 1. The van der Waals surface area contributed by atoms with Crippen LogP contribution in [0.25, 0.3) is 0 Å². The number of hydrogen-bond donors (Lipinski definition) is 1. The van der Waals surface area contributed by atoms with E-state index in [4.69, 9.17) is 0 Å². The number of non-ortho nitro benzene ring substituents is 2. The number of rotatable bonds is 7. The number of carbonyl (C=O) groups excluding carboxylic acids is 1. The molecule has 1 N–H and O–H groups in total. The third-order valence-electron chi connectivity index (χ3n) is 3.93. The standard InChI is InChI=1S/C20H14N6O5/c27-19(14-4-2-1-3-5-14)20(23-21-15-6-10-17(11-7-15)25(28)29)24-22-16-8-12-18(13-9-16)26(30)31/h1-13,21H. The first-order valence-electron chi connectivity index (χ1n) is 8.78. The van der Waals surface area contributed by atoms with Gasteiger partial charge in [0.25, 0.3) is 11.4 Å². The molecule has 11 nitrogen and oxygen atoms in total. The minimum absolute atomic E-state index is 0.0898. The maximum Gasteiger partial charge on any atom is 0.269 e. The Bertz CT molecular complexity index is 1160. The lowest BCUT2D eigenvalue weighted by atomic mass is 10.1. The molecule has 0 aromatic heterocycles. The second-order valence-corrected chi connectivity index (χ2v) is 6.02. The van der Waals surface area contributed by atoms with E-state index in [9.17, 15) is 25.0 Å². The van der Waals surface area contributed by atoms with E-state index in [1.165, 1.54) is 48.5 Å². The van der Waals surface area contributed by atoms with Gasteiger partial charge in [-0.2, -0.15) is 0 Å². The van der Waals surface area contributed by atoms with Crippen LogP contribution in [0.4, 0.5) is 22.7 Å². The van der Waals surface area contributed by atoms with Gasteiger partial charge in [-0.1, -0.05) is 30.3 Å². The van der Waals surface area contributed by atoms with Crippen molar-refractivity contribution < 1.29 is 14.6 Å². The van der Waals surface area contributed by atoms with E-state index in [-0.39, 0.29) is 22.9 Å². The van der Waals surface area contributed by atoms with Gasteiger partial charge >= 0.3 is 0 Å². The van der Waals surface area contributed by atoms with Gasteiger partial charge in [-0.15, -0.1) is 15.3 Å². The molecule has 0 unspecified atom stereocenters. The highest BCUT2D eigenvalue weighted by Crippen LogP contribution is 2.19. The molecule has 0 atom stereocenters. The van der Waals surface area contributed by atoms with Crippen molar-refractivity contribution in [1.82, 2.24) is 0 Å². The summed E-state index contributed by atoms with van der Waals surface area (Å²) in [6.07, 6.45) is 0. The average Bonchev–Trinajstić information content (AvgIpc) is 2.80. The number of ketones is 1. The number of nitrogens with zero attached hydrogens (tertiary/aromatic N) is 5. The highest BCUT2D eigenvalue weighted by atomic mass is 16.6. The number of benzene rings is 3. The Hall–Kier alpha value is -4.80. The lowest BCUT2D eigenvalue weighted by Crippen LogP contribution is -2.13. The Morgan fingerprint density at radius 3 is 1.87 bits per heavy atom. The van der Waals surface area contributed by atoms with Crippen LogP contribution in [0, 0.1) is 20.2 Å². The van der Waals surface area contributed by atoms with Gasteiger partial charge < -0.3 is 0 Å². The Labute approximate surface area is 175 Å². The molecule has 3 rings (SSSR count). The van der Waals surface area contributed by atoms with Crippen LogP contribution in [0.3, 0.4) is 0 Å². The first-order chi connectivity index (χ1) is 14.9. The van der Waals surface area contributed by atoms with Gasteiger partial charge in [-0.05, 0) is 24.3 Å². The predicted octanol–water partition coefficient (Wildman–Crippen LogP) is 4.90. The van der Waals surface area contributed by atoms with Gasteiger partial charge in [-0.3, -0.25) is 30.4 Å². The number of azo groups is 1. The van der Waals surface area contributed by atoms with Crippen molar-refractivity contribution in [1.29, 1.82) is 0 Å². The summed E-state index contributed by atoms with van der Waals surface area (Å²) in [7, 11) is 0. The summed E-state index contributed by atoms with van der Waals surface area (Å²) in [5.41, 5.74) is 3.44. The third-order valence-corrected chi connectivity index (χ3v) is 3.93. The topological polar surface area (TPSA) is 152 Å². The first-order valence-corrected chi connectivity index (χ1v) is 8.78. The maximum atomic E-state index is 12.8. The molecule has 0 saturated carbocycles. The number of nitro benzene ring substituents is 2. The number of nitrogens with one attached hydrogen (secondary N) is 1. The van der Waals surface area contributed by atoms with Gasteiger partial charge in [0.2, 0.25) is 11.6 Å². The molecule has 0 heterocycles. The molecule has 0 radical (unpaired) electrons. The number of hydrazone groups is 1. The van der Waals surface area contributed by atoms with E-state index >= 15 is 0 Å². The van der Waals surface area contributed by atoms with Crippen molar-refractivity contribution in [2.24, 2.45) is 15.3 Å². The third kappa shape index (κ3) is 5.60. The maximum absolute atomic E-state index is 12.8. The molecule has 3 aromatic rings. The first kappa shape index (κ1) is 20.9. The van der Waals surface area contributed by atoms with E-state index in [0.717, 1.165) is 0 Å². The zero-order valence-corrected chi connectivity index (χ0v) is 15.8. The second kappa shape index (κ2) is 9.60. The molecule has 11 heteroatoms. The quantitative estimate of drug-likeness (QED) is 0.144. The number of hydrogen-bond acceptors (Lipinski definition) is 8. The average molecular weight is 418 g/mol. The smallest absolute Gasteiger partial charge is 0.269 e. The lowest BCUT2D eigenvalue weighted by molar-refractivity contribution is -0.385. The summed E-state index contributed by atoms with van der Waals surface area (Å²) >= 11 is 0. The van der Waals surface area contributed by atoms with Gasteiger partial charge in [0.1, 0.15) is 0 Å². The van der Waals surface area contributed by atoms with Crippen molar-refractivity contribution in [2.45, 2.75) is 0 Å². The van der Waals surface area contributed by atoms with Crippen molar-refractivity contribution in [3.05, 3.63) is 105 Å². The molecule has 154 valence electrons. The summed E-state index contributed by atoms with van der Waals surface area (Å²) < 4.78 is 0. The summed E-state index contributed by atoms with van der Waals surface area (Å²) in [6, 6.07) is 19.0. The van der Waals surface area contributed by atoms with Crippen LogP contribution in [0.5, 0.6) is 0 Å². The lowest BCUT2D eigenvalue weighted by Gasteiger charge is -2.03. The predicted molar refractivity (Wildman–Crippen MR) is 113 cm³/mol. The van der Waals surface area contributed by atoms with Gasteiger partial charge in [0.15, 0.2) is 0 Å². The zero-order chi connectivity index (χ0) is 22.2. The fourth-order valence-corrected chi connectivity index (χ4v) is 2.36. The van der Waals surface area contributed by atoms with Crippen LogP contribution >= 0.6 is 0 Å². The molecule has 3 aromatic carbocycles.